The number of hydrogen-bond donors (Lipinski definition) is 1. The highest BCUT2D eigenvalue weighted by atomic mass is 35.5. The predicted molar refractivity (Wildman–Crippen MR) is 100 cm³/mol. The highest BCUT2D eigenvalue weighted by molar-refractivity contribution is 6.31. The Morgan fingerprint density at radius 3 is 2.60 bits per heavy atom. The van der Waals surface area contributed by atoms with Crippen molar-refractivity contribution in [2.45, 2.75) is 13.3 Å². The van der Waals surface area contributed by atoms with Gasteiger partial charge in [0.25, 0.3) is 0 Å². The number of rotatable bonds is 5. The van der Waals surface area contributed by atoms with Crippen LogP contribution in [0, 0.1) is 6.92 Å². The molecule has 6 nitrogen and oxygen atoms in total. The number of aromatic nitrogens is 2. The average Bonchev–Trinajstić information content (AvgIpc) is 2.65. The summed E-state index contributed by atoms with van der Waals surface area (Å²) in [5.41, 5.74) is 1.68. The normalized spacial score (nSPS) is 15.2. The van der Waals surface area contributed by atoms with E-state index in [4.69, 9.17) is 11.6 Å². The lowest BCUT2D eigenvalue weighted by Gasteiger charge is -2.34. The topological polar surface area (TPSA) is 61.4 Å². The lowest BCUT2D eigenvalue weighted by molar-refractivity contribution is -0.116. The van der Waals surface area contributed by atoms with Crippen molar-refractivity contribution < 1.29 is 4.79 Å². The first-order valence-corrected chi connectivity index (χ1v) is 8.80. The van der Waals surface area contributed by atoms with Crippen LogP contribution >= 0.6 is 11.6 Å². The molecule has 0 spiro atoms. The molecule has 1 aromatic heterocycles. The largest absolute Gasteiger partial charge is 0.338 e. The first kappa shape index (κ1) is 17.6. The van der Waals surface area contributed by atoms with Crippen molar-refractivity contribution in [3.05, 3.63) is 47.2 Å². The van der Waals surface area contributed by atoms with Crippen LogP contribution < -0.4 is 10.2 Å². The molecule has 1 aliphatic rings. The minimum absolute atomic E-state index is 0.0131. The molecular weight excluding hydrogens is 338 g/mol. The zero-order valence-electron chi connectivity index (χ0n) is 14.3. The number of piperazine rings is 1. The van der Waals surface area contributed by atoms with Crippen LogP contribution in [0.5, 0.6) is 0 Å². The van der Waals surface area contributed by atoms with Gasteiger partial charge in [-0.05, 0) is 30.7 Å². The number of hydrogen-bond acceptors (Lipinski definition) is 5. The smallest absolute Gasteiger partial charge is 0.225 e. The Kier molecular flexibility index (Phi) is 5.83. The molecule has 0 aliphatic carbocycles. The molecule has 7 heteroatoms. The van der Waals surface area contributed by atoms with Crippen molar-refractivity contribution in [2.75, 3.05) is 42.9 Å². The van der Waals surface area contributed by atoms with Gasteiger partial charge < -0.3 is 10.2 Å². The zero-order chi connectivity index (χ0) is 17.6. The Labute approximate surface area is 152 Å². The fourth-order valence-corrected chi connectivity index (χ4v) is 3.02. The predicted octanol–water partition coefficient (Wildman–Crippen LogP) is 2.59. The number of nitrogens with zero attached hydrogens (tertiary/aromatic N) is 4. The van der Waals surface area contributed by atoms with Crippen molar-refractivity contribution in [2.24, 2.45) is 0 Å². The van der Waals surface area contributed by atoms with Crippen LogP contribution in [0.1, 0.15) is 12.0 Å². The molecule has 2 aromatic rings. The van der Waals surface area contributed by atoms with Gasteiger partial charge in [0, 0.05) is 62.2 Å². The molecule has 0 radical (unpaired) electrons. The van der Waals surface area contributed by atoms with Crippen LogP contribution in [0.3, 0.4) is 0 Å². The number of halogens is 1. The Morgan fingerprint density at radius 1 is 1.16 bits per heavy atom. The van der Waals surface area contributed by atoms with Crippen LogP contribution in [0.2, 0.25) is 5.02 Å². The molecule has 3 rings (SSSR count). The van der Waals surface area contributed by atoms with Crippen LogP contribution in [-0.2, 0) is 4.79 Å². The van der Waals surface area contributed by atoms with Crippen molar-refractivity contribution >= 4 is 29.1 Å². The summed E-state index contributed by atoms with van der Waals surface area (Å²) in [6.07, 6.45) is 3.99. The number of carbonyl (C=O) groups is 1. The van der Waals surface area contributed by atoms with Crippen LogP contribution in [0.4, 0.5) is 11.6 Å². The number of carbonyl (C=O) groups excluding carboxylic acids is 1. The summed E-state index contributed by atoms with van der Waals surface area (Å²) in [5, 5.41) is 3.61. The maximum absolute atomic E-state index is 12.2. The van der Waals surface area contributed by atoms with E-state index < -0.39 is 0 Å². The van der Waals surface area contributed by atoms with E-state index in [0.29, 0.717) is 11.4 Å². The van der Waals surface area contributed by atoms with E-state index in [1.165, 1.54) is 0 Å². The summed E-state index contributed by atoms with van der Waals surface area (Å²) < 4.78 is 0. The minimum atomic E-state index is 0.0131. The summed E-state index contributed by atoms with van der Waals surface area (Å²) in [6, 6.07) is 7.36. The molecule has 0 unspecified atom stereocenters. The van der Waals surface area contributed by atoms with Crippen LogP contribution in [0.25, 0.3) is 0 Å². The van der Waals surface area contributed by atoms with Gasteiger partial charge in [-0.3, -0.25) is 9.69 Å². The van der Waals surface area contributed by atoms with E-state index in [9.17, 15) is 4.79 Å². The molecular formula is C18H22ClN5O. The molecule has 1 aromatic carbocycles. The molecule has 0 saturated carbocycles. The Balaban J connectivity index is 1.44. The van der Waals surface area contributed by atoms with E-state index in [-0.39, 0.29) is 5.91 Å². The van der Waals surface area contributed by atoms with Crippen LogP contribution in [-0.4, -0.2) is 53.5 Å². The third-order valence-electron chi connectivity index (χ3n) is 4.40. The van der Waals surface area contributed by atoms with Crippen molar-refractivity contribution in [3.63, 3.8) is 0 Å². The number of nitrogens with one attached hydrogen (secondary N) is 1. The standard InChI is InChI=1S/C18H22ClN5O/c1-14-15(19)4-2-5-16(14)22-17(25)6-9-23-10-12-24(13-11-23)18-20-7-3-8-21-18/h2-5,7-8H,6,9-13H2,1H3,(H,22,25). The first-order valence-electron chi connectivity index (χ1n) is 8.43. The summed E-state index contributed by atoms with van der Waals surface area (Å²) in [7, 11) is 0. The SMILES string of the molecule is Cc1c(Cl)cccc1NC(=O)CCN1CCN(c2ncccn2)CC1. The molecule has 1 amide bonds. The Bertz CT molecular complexity index is 717. The zero-order valence-corrected chi connectivity index (χ0v) is 15.0. The summed E-state index contributed by atoms with van der Waals surface area (Å²) in [5.74, 6) is 0.788. The van der Waals surface area contributed by atoms with Gasteiger partial charge in [-0.15, -0.1) is 0 Å². The average molecular weight is 360 g/mol. The van der Waals surface area contributed by atoms with E-state index in [2.05, 4.69) is 25.1 Å². The summed E-state index contributed by atoms with van der Waals surface area (Å²) in [4.78, 5) is 25.2. The molecule has 0 atom stereocenters. The third kappa shape index (κ3) is 4.67. The van der Waals surface area contributed by atoms with Gasteiger partial charge in [0.05, 0.1) is 0 Å². The van der Waals surface area contributed by atoms with Gasteiger partial charge >= 0.3 is 0 Å². The van der Waals surface area contributed by atoms with E-state index in [0.717, 1.165) is 49.9 Å². The van der Waals surface area contributed by atoms with Gasteiger partial charge in [-0.25, -0.2) is 9.97 Å². The second-order valence-electron chi connectivity index (χ2n) is 6.09. The molecule has 1 N–H and O–H groups in total. The van der Waals surface area contributed by atoms with Gasteiger partial charge in [0.1, 0.15) is 0 Å². The summed E-state index contributed by atoms with van der Waals surface area (Å²) >= 11 is 6.09. The lowest BCUT2D eigenvalue weighted by Crippen LogP contribution is -2.47. The number of benzene rings is 1. The minimum Gasteiger partial charge on any atom is -0.338 e. The van der Waals surface area contributed by atoms with Crippen molar-refractivity contribution in [1.29, 1.82) is 0 Å². The van der Waals surface area contributed by atoms with E-state index >= 15 is 0 Å². The third-order valence-corrected chi connectivity index (χ3v) is 4.81. The fourth-order valence-electron chi connectivity index (χ4n) is 2.84. The number of anilines is 2. The molecule has 1 fully saturated rings. The molecule has 0 bridgehead atoms. The molecule has 1 aliphatic heterocycles. The first-order chi connectivity index (χ1) is 12.1. The van der Waals surface area contributed by atoms with Crippen molar-refractivity contribution in [3.8, 4) is 0 Å². The highest BCUT2D eigenvalue weighted by Gasteiger charge is 2.19. The van der Waals surface area contributed by atoms with E-state index in [1.54, 1.807) is 12.4 Å². The fraction of sp³-hybridized carbons (Fsp3) is 0.389. The molecule has 132 valence electrons. The molecule has 25 heavy (non-hydrogen) atoms. The van der Waals surface area contributed by atoms with Crippen LogP contribution in [0.15, 0.2) is 36.7 Å². The maximum Gasteiger partial charge on any atom is 0.225 e. The van der Waals surface area contributed by atoms with Crippen molar-refractivity contribution in [1.82, 2.24) is 14.9 Å². The summed E-state index contributed by atoms with van der Waals surface area (Å²) in [6.45, 7) is 6.21. The van der Waals surface area contributed by atoms with Gasteiger partial charge in [-0.2, -0.15) is 0 Å². The van der Waals surface area contributed by atoms with Gasteiger partial charge in [0.2, 0.25) is 11.9 Å². The monoisotopic (exact) mass is 359 g/mol. The van der Waals surface area contributed by atoms with Gasteiger partial charge in [-0.1, -0.05) is 17.7 Å². The molecule has 2 heterocycles. The lowest BCUT2D eigenvalue weighted by atomic mass is 10.2. The quantitative estimate of drug-likeness (QED) is 0.889. The maximum atomic E-state index is 12.2. The Hall–Kier alpha value is -2.18. The highest BCUT2D eigenvalue weighted by Crippen LogP contribution is 2.23. The Morgan fingerprint density at radius 2 is 1.88 bits per heavy atom. The van der Waals surface area contributed by atoms with E-state index in [1.807, 2.05) is 31.2 Å². The second-order valence-corrected chi connectivity index (χ2v) is 6.50. The molecule has 1 saturated heterocycles. The number of amides is 1. The second kappa shape index (κ2) is 8.27. The van der Waals surface area contributed by atoms with Gasteiger partial charge in [0.15, 0.2) is 0 Å².